The van der Waals surface area contributed by atoms with Crippen LogP contribution in [0.3, 0.4) is 0 Å². The maximum absolute atomic E-state index is 12.3. The van der Waals surface area contributed by atoms with Gasteiger partial charge in [-0.25, -0.2) is 5.43 Å². The summed E-state index contributed by atoms with van der Waals surface area (Å²) in [6, 6.07) is 19.9. The molecule has 3 rings (SSSR count). The van der Waals surface area contributed by atoms with Crippen LogP contribution in [0.2, 0.25) is 0 Å². The molecule has 0 saturated heterocycles. The lowest BCUT2D eigenvalue weighted by Crippen LogP contribution is -2.43. The smallest absolute Gasteiger partial charge is 0.265 e. The van der Waals surface area contributed by atoms with E-state index < -0.39 is 0 Å². The van der Waals surface area contributed by atoms with Crippen LogP contribution < -0.4 is 10.9 Å². The van der Waals surface area contributed by atoms with E-state index >= 15 is 0 Å². The van der Waals surface area contributed by atoms with Gasteiger partial charge in [-0.15, -0.1) is 0 Å². The van der Waals surface area contributed by atoms with Crippen LogP contribution in [0, 0.1) is 5.92 Å². The predicted molar refractivity (Wildman–Crippen MR) is 92.8 cm³/mol. The number of nitrogens with one attached hydrogen (secondary N) is 2. The molecular weight excluding hydrogens is 284 g/mol. The van der Waals surface area contributed by atoms with Crippen LogP contribution in [0.4, 0.5) is 0 Å². The second kappa shape index (κ2) is 7.93. The normalized spacial score (nSPS) is 16.7. The van der Waals surface area contributed by atoms with Crippen molar-refractivity contribution in [3.8, 4) is 0 Å². The van der Waals surface area contributed by atoms with Gasteiger partial charge >= 0.3 is 0 Å². The minimum atomic E-state index is -0.0812. The summed E-state index contributed by atoms with van der Waals surface area (Å²) in [6.07, 6.45) is 6.32. The van der Waals surface area contributed by atoms with E-state index in [0.717, 1.165) is 0 Å². The summed E-state index contributed by atoms with van der Waals surface area (Å²) in [6.45, 7) is 0. The molecule has 1 amide bonds. The Labute approximate surface area is 138 Å². The lowest BCUT2D eigenvalue weighted by atomic mass is 9.81. The summed E-state index contributed by atoms with van der Waals surface area (Å²) in [5, 5.41) is 0. The van der Waals surface area contributed by atoms with Crippen LogP contribution in [0.15, 0.2) is 60.7 Å². The van der Waals surface area contributed by atoms with Crippen molar-refractivity contribution in [3.05, 3.63) is 71.8 Å². The second-order valence-electron chi connectivity index (χ2n) is 6.25. The molecule has 0 aliphatic heterocycles. The minimum absolute atomic E-state index is 0.0812. The van der Waals surface area contributed by atoms with Gasteiger partial charge in [-0.1, -0.05) is 67.8 Å². The molecule has 1 aliphatic carbocycles. The van der Waals surface area contributed by atoms with E-state index in [0.29, 0.717) is 11.5 Å². The topological polar surface area (TPSA) is 41.1 Å². The van der Waals surface area contributed by atoms with E-state index in [2.05, 4.69) is 35.1 Å². The zero-order valence-corrected chi connectivity index (χ0v) is 13.4. The van der Waals surface area contributed by atoms with Crippen molar-refractivity contribution < 1.29 is 4.79 Å². The highest BCUT2D eigenvalue weighted by molar-refractivity contribution is 5.93. The first-order chi connectivity index (χ1) is 11.3. The highest BCUT2D eigenvalue weighted by Crippen LogP contribution is 2.34. The number of hydrogen-bond donors (Lipinski definition) is 2. The Balaban J connectivity index is 1.70. The molecule has 23 heavy (non-hydrogen) atoms. The van der Waals surface area contributed by atoms with Crippen LogP contribution in [0.5, 0.6) is 0 Å². The fraction of sp³-hybridized carbons (Fsp3) is 0.350. The Hall–Kier alpha value is -2.13. The molecular formula is C20H24N2O. The van der Waals surface area contributed by atoms with Gasteiger partial charge < -0.3 is 0 Å². The van der Waals surface area contributed by atoms with Crippen molar-refractivity contribution in [1.82, 2.24) is 10.9 Å². The van der Waals surface area contributed by atoms with E-state index in [1.165, 1.54) is 37.7 Å². The number of amides is 1. The molecule has 0 radical (unpaired) electrons. The number of rotatable bonds is 5. The zero-order chi connectivity index (χ0) is 15.9. The summed E-state index contributed by atoms with van der Waals surface area (Å²) >= 11 is 0. The van der Waals surface area contributed by atoms with Crippen molar-refractivity contribution in [1.29, 1.82) is 0 Å². The largest absolute Gasteiger partial charge is 0.287 e. The molecule has 2 aromatic carbocycles. The summed E-state index contributed by atoms with van der Waals surface area (Å²) < 4.78 is 0. The maximum atomic E-state index is 12.3. The van der Waals surface area contributed by atoms with Gasteiger partial charge in [-0.2, -0.15) is 0 Å². The van der Waals surface area contributed by atoms with Gasteiger partial charge in [-0.3, -0.25) is 10.2 Å². The summed E-state index contributed by atoms with van der Waals surface area (Å²) in [4.78, 5) is 12.3. The molecule has 0 spiro atoms. The Kier molecular flexibility index (Phi) is 5.43. The third kappa shape index (κ3) is 4.20. The first-order valence-electron chi connectivity index (χ1n) is 8.50. The quantitative estimate of drug-likeness (QED) is 0.811. The van der Waals surface area contributed by atoms with Gasteiger partial charge in [0.1, 0.15) is 0 Å². The Morgan fingerprint density at radius 2 is 1.48 bits per heavy atom. The first-order valence-corrected chi connectivity index (χ1v) is 8.50. The lowest BCUT2D eigenvalue weighted by molar-refractivity contribution is 0.0912. The van der Waals surface area contributed by atoms with Gasteiger partial charge in [-0.05, 0) is 36.5 Å². The minimum Gasteiger partial charge on any atom is -0.287 e. The highest BCUT2D eigenvalue weighted by Gasteiger charge is 2.25. The van der Waals surface area contributed by atoms with E-state index in [9.17, 15) is 4.79 Å². The van der Waals surface area contributed by atoms with E-state index in [1.54, 1.807) is 0 Å². The number of hydrazine groups is 1. The van der Waals surface area contributed by atoms with Crippen molar-refractivity contribution >= 4 is 5.91 Å². The Morgan fingerprint density at radius 3 is 2.13 bits per heavy atom. The van der Waals surface area contributed by atoms with Crippen LogP contribution in [0.25, 0.3) is 0 Å². The second-order valence-corrected chi connectivity index (χ2v) is 6.25. The monoisotopic (exact) mass is 308 g/mol. The zero-order valence-electron chi connectivity index (χ0n) is 13.4. The molecule has 1 unspecified atom stereocenters. The molecule has 0 bridgehead atoms. The summed E-state index contributed by atoms with van der Waals surface area (Å²) in [7, 11) is 0. The van der Waals surface area contributed by atoms with Crippen LogP contribution >= 0.6 is 0 Å². The Morgan fingerprint density at radius 1 is 0.870 bits per heavy atom. The molecule has 3 heteroatoms. The van der Waals surface area contributed by atoms with Gasteiger partial charge in [0.15, 0.2) is 0 Å². The molecule has 2 N–H and O–H groups in total. The molecule has 3 nitrogen and oxygen atoms in total. The average molecular weight is 308 g/mol. The van der Waals surface area contributed by atoms with Crippen molar-refractivity contribution in [3.63, 3.8) is 0 Å². The van der Waals surface area contributed by atoms with E-state index in [4.69, 9.17) is 0 Å². The lowest BCUT2D eigenvalue weighted by Gasteiger charge is -2.31. The van der Waals surface area contributed by atoms with Gasteiger partial charge in [0.05, 0.1) is 6.04 Å². The van der Waals surface area contributed by atoms with E-state index in [1.807, 2.05) is 36.4 Å². The molecule has 0 heterocycles. The fourth-order valence-corrected chi connectivity index (χ4v) is 3.41. The van der Waals surface area contributed by atoms with Gasteiger partial charge in [0, 0.05) is 5.56 Å². The molecule has 1 aliphatic rings. The van der Waals surface area contributed by atoms with Gasteiger partial charge in [0.2, 0.25) is 0 Å². The average Bonchev–Trinajstić information content (AvgIpc) is 2.64. The molecule has 0 aromatic heterocycles. The number of carbonyl (C=O) groups excluding carboxylic acids is 1. The SMILES string of the molecule is O=C(NNC(c1ccccc1)C1CCCCC1)c1ccccc1. The standard InChI is InChI=1S/C20H24N2O/c23-20(18-14-8-3-9-15-18)22-21-19(16-10-4-1-5-11-16)17-12-6-2-7-13-17/h1,3-5,8-11,14-15,17,19,21H,2,6-7,12-13H2,(H,22,23). The third-order valence-electron chi connectivity index (χ3n) is 4.66. The number of carbonyl (C=O) groups is 1. The van der Waals surface area contributed by atoms with Crippen molar-refractivity contribution in [2.24, 2.45) is 5.92 Å². The molecule has 1 atom stereocenters. The fourth-order valence-electron chi connectivity index (χ4n) is 3.41. The van der Waals surface area contributed by atoms with Crippen LogP contribution in [-0.4, -0.2) is 5.91 Å². The molecule has 1 fully saturated rings. The van der Waals surface area contributed by atoms with Crippen molar-refractivity contribution in [2.45, 2.75) is 38.1 Å². The number of hydrogen-bond acceptors (Lipinski definition) is 2. The molecule has 1 saturated carbocycles. The first kappa shape index (κ1) is 15.8. The number of benzene rings is 2. The summed E-state index contributed by atoms with van der Waals surface area (Å²) in [5.41, 5.74) is 8.13. The molecule has 2 aromatic rings. The van der Waals surface area contributed by atoms with Gasteiger partial charge in [0.25, 0.3) is 5.91 Å². The van der Waals surface area contributed by atoms with Crippen LogP contribution in [-0.2, 0) is 0 Å². The van der Waals surface area contributed by atoms with Crippen LogP contribution in [0.1, 0.15) is 54.1 Å². The Bertz CT molecular complexity index is 606. The predicted octanol–water partition coefficient (Wildman–Crippen LogP) is 4.24. The highest BCUT2D eigenvalue weighted by atomic mass is 16.2. The third-order valence-corrected chi connectivity index (χ3v) is 4.66. The van der Waals surface area contributed by atoms with Crippen molar-refractivity contribution in [2.75, 3.05) is 0 Å². The molecule has 120 valence electrons. The van der Waals surface area contributed by atoms with E-state index in [-0.39, 0.29) is 11.9 Å². The maximum Gasteiger partial charge on any atom is 0.265 e. The summed E-state index contributed by atoms with van der Waals surface area (Å²) in [5.74, 6) is 0.490.